The number of amides is 1. The average Bonchev–Trinajstić information content (AvgIpc) is 2.76. The van der Waals surface area contributed by atoms with Crippen LogP contribution in [-0.2, 0) is 11.3 Å². The van der Waals surface area contributed by atoms with Crippen LogP contribution >= 0.6 is 0 Å². The Morgan fingerprint density at radius 2 is 2.05 bits per heavy atom. The maximum absolute atomic E-state index is 11.7. The number of hydrogen-bond donors (Lipinski definition) is 3. The highest BCUT2D eigenvalue weighted by Crippen LogP contribution is 2.07. The predicted molar refractivity (Wildman–Crippen MR) is 72.7 cm³/mol. The molecular formula is C12H23N5O2. The maximum atomic E-state index is 11.7. The molecule has 1 atom stereocenters. The van der Waals surface area contributed by atoms with Gasteiger partial charge in [0.1, 0.15) is 6.04 Å². The van der Waals surface area contributed by atoms with E-state index in [1.54, 1.807) is 6.92 Å². The first kappa shape index (κ1) is 15.4. The minimum Gasteiger partial charge on any atom is -0.407 e. The lowest BCUT2D eigenvalue weighted by Crippen LogP contribution is -2.41. The third-order valence-corrected chi connectivity index (χ3v) is 2.33. The summed E-state index contributed by atoms with van der Waals surface area (Å²) in [7, 11) is 0. The van der Waals surface area contributed by atoms with E-state index in [4.69, 9.17) is 4.42 Å². The Kier molecular flexibility index (Phi) is 6.27. The lowest BCUT2D eigenvalue weighted by atomic mass is 10.3. The Bertz CT molecular complexity index is 391. The fourth-order valence-electron chi connectivity index (χ4n) is 1.42. The van der Waals surface area contributed by atoms with Gasteiger partial charge in [-0.15, -0.1) is 5.10 Å². The number of aromatic nitrogens is 2. The van der Waals surface area contributed by atoms with E-state index in [1.165, 1.54) is 0 Å². The molecule has 3 N–H and O–H groups in total. The highest BCUT2D eigenvalue weighted by molar-refractivity contribution is 5.83. The van der Waals surface area contributed by atoms with E-state index in [1.807, 2.05) is 13.8 Å². The Hall–Kier alpha value is -1.63. The minimum atomic E-state index is -0.417. The van der Waals surface area contributed by atoms with Crippen LogP contribution in [0.15, 0.2) is 4.42 Å². The van der Waals surface area contributed by atoms with Crippen molar-refractivity contribution >= 4 is 11.9 Å². The van der Waals surface area contributed by atoms with Crippen molar-refractivity contribution in [2.45, 2.75) is 52.7 Å². The lowest BCUT2D eigenvalue weighted by Gasteiger charge is -2.14. The molecule has 0 saturated heterocycles. The van der Waals surface area contributed by atoms with Crippen molar-refractivity contribution in [2.75, 3.05) is 11.9 Å². The summed E-state index contributed by atoms with van der Waals surface area (Å²) in [5.41, 5.74) is 0. The molecule has 0 radical (unpaired) electrons. The van der Waals surface area contributed by atoms with Crippen LogP contribution in [0.3, 0.4) is 0 Å². The van der Waals surface area contributed by atoms with E-state index < -0.39 is 6.04 Å². The summed E-state index contributed by atoms with van der Waals surface area (Å²) in [4.78, 5) is 11.7. The molecule has 1 amide bonds. The molecule has 0 saturated carbocycles. The standard InChI is InChI=1S/C12H23N5O2/c1-5-6-13-7-10-16-17-12(19-10)15-9(4)11(18)14-8(2)3/h8-9,13H,5-7H2,1-4H3,(H,14,18)(H,15,17). The van der Waals surface area contributed by atoms with Gasteiger partial charge < -0.3 is 20.4 Å². The first-order valence-corrected chi connectivity index (χ1v) is 6.63. The van der Waals surface area contributed by atoms with Gasteiger partial charge in [-0.1, -0.05) is 12.0 Å². The topological polar surface area (TPSA) is 92.1 Å². The highest BCUT2D eigenvalue weighted by Gasteiger charge is 2.16. The van der Waals surface area contributed by atoms with E-state index in [0.29, 0.717) is 12.4 Å². The summed E-state index contributed by atoms with van der Waals surface area (Å²) >= 11 is 0. The summed E-state index contributed by atoms with van der Waals surface area (Å²) in [5.74, 6) is 0.409. The average molecular weight is 269 g/mol. The monoisotopic (exact) mass is 269 g/mol. The van der Waals surface area contributed by atoms with Gasteiger partial charge in [-0.2, -0.15) is 0 Å². The molecule has 0 bridgehead atoms. The quantitative estimate of drug-likeness (QED) is 0.607. The zero-order valence-corrected chi connectivity index (χ0v) is 12.0. The van der Waals surface area contributed by atoms with Gasteiger partial charge in [0.05, 0.1) is 6.54 Å². The van der Waals surface area contributed by atoms with Gasteiger partial charge in [0.2, 0.25) is 11.8 Å². The summed E-state index contributed by atoms with van der Waals surface area (Å²) in [6.07, 6.45) is 1.05. The zero-order chi connectivity index (χ0) is 14.3. The van der Waals surface area contributed by atoms with E-state index in [0.717, 1.165) is 13.0 Å². The molecule has 0 aliphatic rings. The smallest absolute Gasteiger partial charge is 0.316 e. The van der Waals surface area contributed by atoms with E-state index >= 15 is 0 Å². The Balaban J connectivity index is 2.42. The molecule has 1 aromatic rings. The second-order valence-electron chi connectivity index (χ2n) is 4.71. The predicted octanol–water partition coefficient (Wildman–Crippen LogP) is 0.894. The second kappa shape index (κ2) is 7.73. The van der Waals surface area contributed by atoms with Crippen molar-refractivity contribution in [3.05, 3.63) is 5.89 Å². The van der Waals surface area contributed by atoms with Crippen molar-refractivity contribution in [1.82, 2.24) is 20.8 Å². The van der Waals surface area contributed by atoms with Crippen LogP contribution in [0.2, 0.25) is 0 Å². The van der Waals surface area contributed by atoms with Crippen molar-refractivity contribution in [1.29, 1.82) is 0 Å². The van der Waals surface area contributed by atoms with Crippen LogP contribution < -0.4 is 16.0 Å². The van der Waals surface area contributed by atoms with Gasteiger partial charge in [0.25, 0.3) is 0 Å². The molecule has 0 spiro atoms. The van der Waals surface area contributed by atoms with Crippen LogP contribution in [-0.4, -0.2) is 34.7 Å². The second-order valence-corrected chi connectivity index (χ2v) is 4.71. The summed E-state index contributed by atoms with van der Waals surface area (Å²) in [6, 6.07) is -0.0488. The molecule has 19 heavy (non-hydrogen) atoms. The maximum Gasteiger partial charge on any atom is 0.316 e. The van der Waals surface area contributed by atoms with Gasteiger partial charge in [-0.25, -0.2) is 0 Å². The largest absolute Gasteiger partial charge is 0.407 e. The van der Waals surface area contributed by atoms with E-state index in [-0.39, 0.29) is 18.0 Å². The van der Waals surface area contributed by atoms with Crippen LogP contribution in [0, 0.1) is 0 Å². The molecular weight excluding hydrogens is 246 g/mol. The van der Waals surface area contributed by atoms with Crippen molar-refractivity contribution < 1.29 is 9.21 Å². The van der Waals surface area contributed by atoms with Gasteiger partial charge in [-0.05, 0) is 33.7 Å². The molecule has 7 nitrogen and oxygen atoms in total. The van der Waals surface area contributed by atoms with Crippen LogP contribution in [0.1, 0.15) is 40.0 Å². The first-order chi connectivity index (χ1) is 9.02. The molecule has 108 valence electrons. The summed E-state index contributed by atoms with van der Waals surface area (Å²) in [6.45, 7) is 9.09. The van der Waals surface area contributed by atoms with Crippen molar-refractivity contribution in [3.8, 4) is 0 Å². The molecule has 0 aliphatic carbocycles. The van der Waals surface area contributed by atoms with Gasteiger partial charge in [0.15, 0.2) is 0 Å². The number of hydrogen-bond acceptors (Lipinski definition) is 6. The van der Waals surface area contributed by atoms with E-state index in [9.17, 15) is 4.79 Å². The molecule has 1 rings (SSSR count). The SMILES string of the molecule is CCCNCc1nnc(NC(C)C(=O)NC(C)C)o1. The lowest BCUT2D eigenvalue weighted by molar-refractivity contribution is -0.122. The third kappa shape index (κ3) is 5.69. The van der Waals surface area contributed by atoms with Crippen LogP contribution in [0.5, 0.6) is 0 Å². The third-order valence-electron chi connectivity index (χ3n) is 2.33. The highest BCUT2D eigenvalue weighted by atomic mass is 16.4. The molecule has 7 heteroatoms. The van der Waals surface area contributed by atoms with Crippen molar-refractivity contribution in [2.24, 2.45) is 0 Å². The molecule has 0 fully saturated rings. The number of rotatable bonds is 8. The molecule has 0 aliphatic heterocycles. The fourth-order valence-corrected chi connectivity index (χ4v) is 1.42. The first-order valence-electron chi connectivity index (χ1n) is 6.63. The molecule has 1 aromatic heterocycles. The van der Waals surface area contributed by atoms with Crippen molar-refractivity contribution in [3.63, 3.8) is 0 Å². The van der Waals surface area contributed by atoms with Crippen LogP contribution in [0.25, 0.3) is 0 Å². The number of anilines is 1. The Labute approximate surface area is 113 Å². The minimum absolute atomic E-state index is 0.0983. The van der Waals surface area contributed by atoms with E-state index in [2.05, 4.69) is 33.1 Å². The van der Waals surface area contributed by atoms with Gasteiger partial charge >= 0.3 is 6.01 Å². The summed E-state index contributed by atoms with van der Waals surface area (Å²) < 4.78 is 5.38. The normalized spacial score (nSPS) is 12.5. The van der Waals surface area contributed by atoms with Crippen LogP contribution in [0.4, 0.5) is 6.01 Å². The Morgan fingerprint density at radius 3 is 2.68 bits per heavy atom. The zero-order valence-electron chi connectivity index (χ0n) is 12.0. The van der Waals surface area contributed by atoms with Gasteiger partial charge in [-0.3, -0.25) is 4.79 Å². The number of carbonyl (C=O) groups is 1. The fraction of sp³-hybridized carbons (Fsp3) is 0.750. The number of carbonyl (C=O) groups excluding carboxylic acids is 1. The molecule has 1 heterocycles. The number of nitrogens with zero attached hydrogens (tertiary/aromatic N) is 2. The number of nitrogens with one attached hydrogen (secondary N) is 3. The van der Waals surface area contributed by atoms with Gasteiger partial charge in [0, 0.05) is 6.04 Å². The Morgan fingerprint density at radius 1 is 1.32 bits per heavy atom. The molecule has 0 aromatic carbocycles. The molecule has 1 unspecified atom stereocenters. The summed E-state index contributed by atoms with van der Waals surface area (Å²) in [5, 5.41) is 16.6.